The fraction of sp³-hybridized carbons (Fsp3) is 0.800. The van der Waals surface area contributed by atoms with Crippen LogP contribution in [0.15, 0.2) is 4.52 Å². The lowest BCUT2D eigenvalue weighted by atomic mass is 9.79. The van der Waals surface area contributed by atoms with Crippen LogP contribution in [0.3, 0.4) is 0 Å². The zero-order valence-electron chi connectivity index (χ0n) is 8.94. The molecule has 2 saturated heterocycles. The van der Waals surface area contributed by atoms with Crippen LogP contribution in [0.4, 0.5) is 0 Å². The minimum atomic E-state index is -0.356. The molecule has 3 unspecified atom stereocenters. The van der Waals surface area contributed by atoms with Crippen LogP contribution in [0.5, 0.6) is 0 Å². The Bertz CT molecular complexity index is 377. The Hall–Kier alpha value is -0.940. The first-order chi connectivity index (χ1) is 7.18. The van der Waals surface area contributed by atoms with Gasteiger partial charge >= 0.3 is 0 Å². The molecule has 0 saturated carbocycles. The van der Waals surface area contributed by atoms with Crippen LogP contribution in [0.25, 0.3) is 0 Å². The predicted molar refractivity (Wildman–Crippen MR) is 54.1 cm³/mol. The molecule has 0 spiro atoms. The van der Waals surface area contributed by atoms with Gasteiger partial charge in [0, 0.05) is 20.0 Å². The third-order valence-electron chi connectivity index (χ3n) is 3.79. The average molecular weight is 208 g/mol. The Kier molecular flexibility index (Phi) is 1.87. The van der Waals surface area contributed by atoms with Crippen molar-refractivity contribution < 1.29 is 4.52 Å². The molecule has 2 fully saturated rings. The molecule has 5 nitrogen and oxygen atoms in total. The van der Waals surface area contributed by atoms with E-state index in [1.54, 1.807) is 0 Å². The summed E-state index contributed by atoms with van der Waals surface area (Å²) < 4.78 is 5.03. The van der Waals surface area contributed by atoms with Crippen molar-refractivity contribution in [2.45, 2.75) is 25.3 Å². The largest absolute Gasteiger partial charge is 0.340 e. The molecule has 1 aromatic rings. The van der Waals surface area contributed by atoms with Gasteiger partial charge in [-0.05, 0) is 25.3 Å². The molecule has 2 bridgehead atoms. The van der Waals surface area contributed by atoms with Gasteiger partial charge in [-0.25, -0.2) is 0 Å². The number of fused-ring (bicyclic) bond motifs is 2. The fourth-order valence-corrected chi connectivity index (χ4v) is 2.79. The third-order valence-corrected chi connectivity index (χ3v) is 3.79. The second-order valence-corrected chi connectivity index (χ2v) is 4.71. The number of aryl methyl sites for hydroxylation is 1. The zero-order chi connectivity index (χ0) is 10.5. The maximum atomic E-state index is 6.46. The Morgan fingerprint density at radius 3 is 3.13 bits per heavy atom. The molecular weight excluding hydrogens is 192 g/mol. The Balaban J connectivity index is 1.95. The highest BCUT2D eigenvalue weighted by Crippen LogP contribution is 2.39. The number of nitrogens with two attached hydrogens (primary N) is 1. The summed E-state index contributed by atoms with van der Waals surface area (Å²) in [6.45, 7) is 5.12. The van der Waals surface area contributed by atoms with E-state index in [9.17, 15) is 0 Å². The molecule has 3 rings (SSSR count). The van der Waals surface area contributed by atoms with E-state index >= 15 is 0 Å². The van der Waals surface area contributed by atoms with Gasteiger partial charge in [-0.2, -0.15) is 4.98 Å². The number of piperidine rings is 1. The van der Waals surface area contributed by atoms with Crippen molar-refractivity contribution in [2.24, 2.45) is 11.7 Å². The lowest BCUT2D eigenvalue weighted by Gasteiger charge is -2.37. The second-order valence-electron chi connectivity index (χ2n) is 4.71. The van der Waals surface area contributed by atoms with E-state index in [0.29, 0.717) is 17.6 Å². The molecule has 0 aliphatic carbocycles. The SMILES string of the molecule is Cc1nc(C2(N)CCN3CCC2C3)no1. The summed E-state index contributed by atoms with van der Waals surface area (Å²) in [5.41, 5.74) is 6.11. The molecule has 15 heavy (non-hydrogen) atoms. The minimum Gasteiger partial charge on any atom is -0.340 e. The fourth-order valence-electron chi connectivity index (χ4n) is 2.79. The first-order valence-corrected chi connectivity index (χ1v) is 5.50. The van der Waals surface area contributed by atoms with E-state index in [4.69, 9.17) is 10.3 Å². The number of rotatable bonds is 1. The molecule has 5 heteroatoms. The van der Waals surface area contributed by atoms with Crippen molar-refractivity contribution >= 4 is 0 Å². The summed E-state index contributed by atoms with van der Waals surface area (Å²) in [7, 11) is 0. The summed E-state index contributed by atoms with van der Waals surface area (Å²) in [5.74, 6) is 1.80. The third kappa shape index (κ3) is 1.30. The summed E-state index contributed by atoms with van der Waals surface area (Å²) in [6.07, 6.45) is 2.10. The van der Waals surface area contributed by atoms with Crippen LogP contribution in [0.2, 0.25) is 0 Å². The minimum absolute atomic E-state index is 0.356. The number of hydrogen-bond acceptors (Lipinski definition) is 5. The van der Waals surface area contributed by atoms with E-state index in [1.807, 2.05) is 6.92 Å². The van der Waals surface area contributed by atoms with Crippen molar-refractivity contribution in [2.75, 3.05) is 19.6 Å². The van der Waals surface area contributed by atoms with Gasteiger partial charge < -0.3 is 15.2 Å². The molecule has 82 valence electrons. The maximum Gasteiger partial charge on any atom is 0.223 e. The van der Waals surface area contributed by atoms with Crippen LogP contribution in [0.1, 0.15) is 24.6 Å². The van der Waals surface area contributed by atoms with E-state index in [2.05, 4.69) is 15.0 Å². The van der Waals surface area contributed by atoms with Gasteiger partial charge in [0.2, 0.25) is 5.89 Å². The van der Waals surface area contributed by atoms with E-state index in [0.717, 1.165) is 25.9 Å². The lowest BCUT2D eigenvalue weighted by molar-refractivity contribution is 0.157. The lowest BCUT2D eigenvalue weighted by Crippen LogP contribution is -2.51. The Morgan fingerprint density at radius 1 is 1.53 bits per heavy atom. The maximum absolute atomic E-state index is 6.46. The Morgan fingerprint density at radius 2 is 2.40 bits per heavy atom. The standard InChI is InChI=1S/C10H16N4O/c1-7-12-9(13-15-7)10(11)3-5-14-4-2-8(10)6-14/h8H,2-6,11H2,1H3. The van der Waals surface area contributed by atoms with Gasteiger partial charge in [-0.15, -0.1) is 0 Å². The molecular formula is C10H16N4O. The molecule has 3 heterocycles. The van der Waals surface area contributed by atoms with Crippen molar-refractivity contribution in [3.8, 4) is 0 Å². The second kappa shape index (κ2) is 3.02. The highest BCUT2D eigenvalue weighted by atomic mass is 16.5. The molecule has 2 aliphatic heterocycles. The average Bonchev–Trinajstić information content (AvgIpc) is 2.81. The van der Waals surface area contributed by atoms with Crippen LogP contribution in [-0.4, -0.2) is 34.7 Å². The molecule has 1 aromatic heterocycles. The smallest absolute Gasteiger partial charge is 0.223 e. The van der Waals surface area contributed by atoms with Gasteiger partial charge in [-0.1, -0.05) is 5.16 Å². The van der Waals surface area contributed by atoms with Crippen molar-refractivity contribution in [3.05, 3.63) is 11.7 Å². The summed E-state index contributed by atoms with van der Waals surface area (Å²) >= 11 is 0. The topological polar surface area (TPSA) is 68.2 Å². The van der Waals surface area contributed by atoms with Gasteiger partial charge in [-0.3, -0.25) is 0 Å². The van der Waals surface area contributed by atoms with Gasteiger partial charge in [0.05, 0.1) is 5.54 Å². The summed E-state index contributed by atoms with van der Waals surface area (Å²) in [4.78, 5) is 6.76. The van der Waals surface area contributed by atoms with Crippen molar-refractivity contribution in [1.29, 1.82) is 0 Å². The molecule has 0 aromatic carbocycles. The summed E-state index contributed by atoms with van der Waals surface area (Å²) in [6, 6.07) is 0. The molecule has 2 N–H and O–H groups in total. The number of hydrogen-bond donors (Lipinski definition) is 1. The monoisotopic (exact) mass is 208 g/mol. The van der Waals surface area contributed by atoms with Crippen LogP contribution in [0, 0.1) is 12.8 Å². The molecule has 0 radical (unpaired) electrons. The normalized spacial score (nSPS) is 39.6. The Labute approximate surface area is 88.6 Å². The number of nitrogens with zero attached hydrogens (tertiary/aromatic N) is 3. The number of aromatic nitrogens is 2. The van der Waals surface area contributed by atoms with Gasteiger partial charge in [0.25, 0.3) is 0 Å². The van der Waals surface area contributed by atoms with E-state index in [-0.39, 0.29) is 5.54 Å². The van der Waals surface area contributed by atoms with Crippen LogP contribution in [-0.2, 0) is 5.54 Å². The van der Waals surface area contributed by atoms with E-state index < -0.39 is 0 Å². The van der Waals surface area contributed by atoms with Crippen LogP contribution < -0.4 is 5.73 Å². The van der Waals surface area contributed by atoms with Gasteiger partial charge in [0.15, 0.2) is 5.82 Å². The van der Waals surface area contributed by atoms with E-state index in [1.165, 1.54) is 6.54 Å². The first kappa shape index (κ1) is 9.30. The molecule has 2 aliphatic rings. The first-order valence-electron chi connectivity index (χ1n) is 5.50. The highest BCUT2D eigenvalue weighted by Gasteiger charge is 2.47. The molecule has 3 atom stereocenters. The van der Waals surface area contributed by atoms with Crippen molar-refractivity contribution in [1.82, 2.24) is 15.0 Å². The van der Waals surface area contributed by atoms with Crippen molar-refractivity contribution in [3.63, 3.8) is 0 Å². The van der Waals surface area contributed by atoms with Gasteiger partial charge in [0.1, 0.15) is 0 Å². The zero-order valence-corrected chi connectivity index (χ0v) is 8.94. The quantitative estimate of drug-likeness (QED) is 0.717. The summed E-state index contributed by atoms with van der Waals surface area (Å²) in [5, 5.41) is 4.00. The predicted octanol–water partition coefficient (Wildman–Crippen LogP) is 0.258. The highest BCUT2D eigenvalue weighted by molar-refractivity contribution is 5.11. The van der Waals surface area contributed by atoms with Crippen LogP contribution >= 0.6 is 0 Å². The molecule has 0 amide bonds.